The summed E-state index contributed by atoms with van der Waals surface area (Å²) >= 11 is 1.18. The second-order valence-corrected chi connectivity index (χ2v) is 4.48. The summed E-state index contributed by atoms with van der Waals surface area (Å²) in [6.07, 6.45) is 6.27. The van der Waals surface area contributed by atoms with E-state index in [0.717, 1.165) is 23.4 Å². The van der Waals surface area contributed by atoms with Gasteiger partial charge in [-0.25, -0.2) is 0 Å². The van der Waals surface area contributed by atoms with Crippen molar-refractivity contribution in [1.82, 2.24) is 5.32 Å². The molecule has 1 aliphatic rings. The van der Waals surface area contributed by atoms with Crippen molar-refractivity contribution in [2.75, 3.05) is 0 Å². The van der Waals surface area contributed by atoms with Crippen molar-refractivity contribution in [2.24, 2.45) is 0 Å². The van der Waals surface area contributed by atoms with Gasteiger partial charge in [-0.2, -0.15) is 0 Å². The van der Waals surface area contributed by atoms with Crippen LogP contribution in [0, 0.1) is 0 Å². The molecule has 0 spiro atoms. The second kappa shape index (κ2) is 5.75. The lowest BCUT2D eigenvalue weighted by Crippen LogP contribution is -2.23. The topological polar surface area (TPSA) is 46.2 Å². The number of carbonyl (C=O) groups excluding carboxylic acids is 2. The van der Waals surface area contributed by atoms with E-state index < -0.39 is 0 Å². The molecule has 0 unspecified atom stereocenters. The number of carbonyl (C=O) groups is 2. The second-order valence-electron chi connectivity index (χ2n) is 3.26. The smallest absolute Gasteiger partial charge is 0.224 e. The van der Waals surface area contributed by atoms with Crippen molar-refractivity contribution >= 4 is 22.8 Å². The maximum atomic E-state index is 11.2. The van der Waals surface area contributed by atoms with E-state index in [9.17, 15) is 9.59 Å². The van der Waals surface area contributed by atoms with Gasteiger partial charge in [0.05, 0.1) is 5.70 Å². The van der Waals surface area contributed by atoms with E-state index in [1.807, 2.05) is 12.2 Å². The molecule has 0 aromatic heterocycles. The van der Waals surface area contributed by atoms with Crippen molar-refractivity contribution in [3.8, 4) is 0 Å². The molecule has 0 bridgehead atoms. The molecule has 0 fully saturated rings. The predicted molar refractivity (Wildman–Crippen MR) is 62.1 cm³/mol. The minimum absolute atomic E-state index is 0.0156. The number of allylic oxidation sites excluding steroid dienone is 2. The van der Waals surface area contributed by atoms with Crippen molar-refractivity contribution in [1.29, 1.82) is 0 Å². The highest BCUT2D eigenvalue weighted by Crippen LogP contribution is 2.27. The highest BCUT2D eigenvalue weighted by Gasteiger charge is 2.13. The third kappa shape index (κ3) is 3.91. The number of amides is 1. The van der Waals surface area contributed by atoms with Gasteiger partial charge in [-0.3, -0.25) is 9.59 Å². The number of thioether (sulfide) groups is 1. The molecule has 82 valence electrons. The van der Waals surface area contributed by atoms with Gasteiger partial charge in [-0.05, 0) is 12.8 Å². The summed E-state index contributed by atoms with van der Waals surface area (Å²) in [7, 11) is 0. The zero-order chi connectivity index (χ0) is 11.3. The average molecular weight is 225 g/mol. The predicted octanol–water partition coefficient (Wildman–Crippen LogP) is 2.35. The Bertz CT molecular complexity index is 331. The molecule has 3 nitrogen and oxygen atoms in total. The first-order valence-electron chi connectivity index (χ1n) is 5.02. The van der Waals surface area contributed by atoms with Gasteiger partial charge in [0.1, 0.15) is 0 Å². The number of hydrogen-bond donors (Lipinski definition) is 1. The van der Waals surface area contributed by atoms with Crippen LogP contribution < -0.4 is 5.32 Å². The first-order chi connectivity index (χ1) is 7.13. The van der Waals surface area contributed by atoms with E-state index >= 15 is 0 Å². The molecule has 1 amide bonds. The van der Waals surface area contributed by atoms with Crippen LogP contribution in [0.1, 0.15) is 33.1 Å². The zero-order valence-electron chi connectivity index (χ0n) is 9.00. The largest absolute Gasteiger partial charge is 0.325 e. The van der Waals surface area contributed by atoms with Crippen molar-refractivity contribution in [2.45, 2.75) is 33.1 Å². The first kappa shape index (κ1) is 12.0. The summed E-state index contributed by atoms with van der Waals surface area (Å²) in [5.41, 5.74) is 0.785. The van der Waals surface area contributed by atoms with Crippen LogP contribution in [0.25, 0.3) is 0 Å². The molecule has 0 saturated carbocycles. The quantitative estimate of drug-likeness (QED) is 0.802. The van der Waals surface area contributed by atoms with Gasteiger partial charge in [-0.1, -0.05) is 30.8 Å². The van der Waals surface area contributed by atoms with Crippen LogP contribution in [0.4, 0.5) is 0 Å². The van der Waals surface area contributed by atoms with E-state index in [1.165, 1.54) is 18.7 Å². The van der Waals surface area contributed by atoms with E-state index in [0.29, 0.717) is 6.42 Å². The Morgan fingerprint density at radius 3 is 2.67 bits per heavy atom. The number of rotatable bonds is 3. The molecule has 0 aromatic rings. The zero-order valence-corrected chi connectivity index (χ0v) is 9.82. The molecule has 0 heterocycles. The van der Waals surface area contributed by atoms with Gasteiger partial charge in [-0.15, -0.1) is 0 Å². The summed E-state index contributed by atoms with van der Waals surface area (Å²) in [5, 5.41) is 2.85. The third-order valence-electron chi connectivity index (χ3n) is 1.96. The molecule has 0 aliphatic heterocycles. The lowest BCUT2D eigenvalue weighted by molar-refractivity contribution is -0.120. The summed E-state index contributed by atoms with van der Waals surface area (Å²) < 4.78 is 0. The standard InChI is InChI=1S/C11H15NO2S/c1-3-11(14)12-9-6-4-5-7-10(9)15-8(2)13/h6-7H,3-5H2,1-2H3,(H,12,14). The van der Waals surface area contributed by atoms with Crippen LogP contribution >= 0.6 is 11.8 Å². The van der Waals surface area contributed by atoms with E-state index in [4.69, 9.17) is 0 Å². The SMILES string of the molecule is CCC(=O)NC1=CCCC=C1SC(C)=O. The van der Waals surface area contributed by atoms with Crippen molar-refractivity contribution in [3.05, 3.63) is 22.8 Å². The fourth-order valence-electron chi connectivity index (χ4n) is 1.26. The van der Waals surface area contributed by atoms with E-state index in [-0.39, 0.29) is 11.0 Å². The molecular weight excluding hydrogens is 210 g/mol. The third-order valence-corrected chi connectivity index (χ3v) is 2.85. The molecular formula is C11H15NO2S. The van der Waals surface area contributed by atoms with Gasteiger partial charge in [0.25, 0.3) is 0 Å². The minimum atomic E-state index is -0.0156. The molecule has 0 radical (unpaired) electrons. The minimum Gasteiger partial charge on any atom is -0.325 e. The van der Waals surface area contributed by atoms with Gasteiger partial charge < -0.3 is 5.32 Å². The Kier molecular flexibility index (Phi) is 4.62. The average Bonchev–Trinajstić information content (AvgIpc) is 2.20. The Morgan fingerprint density at radius 2 is 2.07 bits per heavy atom. The number of nitrogens with one attached hydrogen (secondary N) is 1. The van der Waals surface area contributed by atoms with Gasteiger partial charge in [0.15, 0.2) is 5.12 Å². The molecule has 1 rings (SSSR count). The van der Waals surface area contributed by atoms with Crippen LogP contribution in [-0.2, 0) is 9.59 Å². The van der Waals surface area contributed by atoms with Crippen LogP contribution in [0.15, 0.2) is 22.8 Å². The molecule has 0 aromatic carbocycles. The van der Waals surface area contributed by atoms with Crippen LogP contribution in [0.5, 0.6) is 0 Å². The molecule has 1 N–H and O–H groups in total. The Hall–Kier alpha value is -1.03. The summed E-state index contributed by atoms with van der Waals surface area (Å²) in [6, 6.07) is 0. The van der Waals surface area contributed by atoms with Crippen LogP contribution in [-0.4, -0.2) is 11.0 Å². The molecule has 0 atom stereocenters. The van der Waals surface area contributed by atoms with Crippen LogP contribution in [0.3, 0.4) is 0 Å². The van der Waals surface area contributed by atoms with Gasteiger partial charge in [0, 0.05) is 18.2 Å². The highest BCUT2D eigenvalue weighted by molar-refractivity contribution is 8.17. The van der Waals surface area contributed by atoms with Crippen LogP contribution in [0.2, 0.25) is 0 Å². The van der Waals surface area contributed by atoms with E-state index in [1.54, 1.807) is 6.92 Å². The molecule has 0 saturated heterocycles. The fraction of sp³-hybridized carbons (Fsp3) is 0.455. The van der Waals surface area contributed by atoms with E-state index in [2.05, 4.69) is 5.32 Å². The maximum absolute atomic E-state index is 11.2. The van der Waals surface area contributed by atoms with Gasteiger partial charge in [0.2, 0.25) is 5.91 Å². The lowest BCUT2D eigenvalue weighted by atomic mass is 10.1. The Balaban J connectivity index is 2.68. The molecule has 1 aliphatic carbocycles. The number of hydrogen-bond acceptors (Lipinski definition) is 3. The van der Waals surface area contributed by atoms with Crippen molar-refractivity contribution < 1.29 is 9.59 Å². The molecule has 15 heavy (non-hydrogen) atoms. The first-order valence-corrected chi connectivity index (χ1v) is 5.84. The normalized spacial score (nSPS) is 15.3. The summed E-state index contributed by atoms with van der Waals surface area (Å²) in [6.45, 7) is 3.33. The summed E-state index contributed by atoms with van der Waals surface area (Å²) in [4.78, 5) is 23.1. The monoisotopic (exact) mass is 225 g/mol. The summed E-state index contributed by atoms with van der Waals surface area (Å²) in [5.74, 6) is -0.0156. The highest BCUT2D eigenvalue weighted by atomic mass is 32.2. The Morgan fingerprint density at radius 1 is 1.40 bits per heavy atom. The van der Waals surface area contributed by atoms with Crippen molar-refractivity contribution in [3.63, 3.8) is 0 Å². The maximum Gasteiger partial charge on any atom is 0.224 e. The fourth-order valence-corrected chi connectivity index (χ4v) is 2.01. The Labute approximate surface area is 94.0 Å². The molecule has 4 heteroatoms. The van der Waals surface area contributed by atoms with Gasteiger partial charge >= 0.3 is 0 Å². The lowest BCUT2D eigenvalue weighted by Gasteiger charge is -2.15.